The lowest BCUT2D eigenvalue weighted by atomic mass is 10.1. The molecule has 0 saturated heterocycles. The number of carbonyl (C=O) groups is 2. The number of esters is 1. The number of carbonyl (C=O) groups excluding carboxylic acids is 2. The van der Waals surface area contributed by atoms with Crippen LogP contribution in [0.2, 0.25) is 0 Å². The van der Waals surface area contributed by atoms with Crippen molar-refractivity contribution in [3.8, 4) is 11.4 Å². The second kappa shape index (κ2) is 5.91. The molecule has 2 rings (SSSR count). The van der Waals surface area contributed by atoms with Gasteiger partial charge in [0.25, 0.3) is 5.91 Å². The summed E-state index contributed by atoms with van der Waals surface area (Å²) in [5.41, 5.74) is 6.78. The van der Waals surface area contributed by atoms with E-state index in [-0.39, 0.29) is 6.54 Å². The lowest BCUT2D eigenvalue weighted by Crippen LogP contribution is -2.23. The number of nitrogens with two attached hydrogens (primary N) is 1. The maximum absolute atomic E-state index is 11.3. The number of aromatic nitrogens is 4. The Hall–Kier alpha value is -2.77. The molecule has 8 nitrogen and oxygen atoms in total. The summed E-state index contributed by atoms with van der Waals surface area (Å²) >= 11 is 0. The maximum atomic E-state index is 11.3. The van der Waals surface area contributed by atoms with Gasteiger partial charge in [-0.15, -0.1) is 10.2 Å². The molecule has 0 aliphatic heterocycles. The number of amides is 1. The Balaban J connectivity index is 2.00. The van der Waals surface area contributed by atoms with Crippen molar-refractivity contribution in [2.45, 2.75) is 13.5 Å². The molecule has 1 aromatic carbocycles. The van der Waals surface area contributed by atoms with E-state index in [0.717, 1.165) is 15.9 Å². The second-order valence-electron chi connectivity index (χ2n) is 4.14. The first-order valence-electron chi connectivity index (χ1n) is 5.83. The number of benzene rings is 1. The fraction of sp³-hybridized carbons (Fsp3) is 0.250. The largest absolute Gasteiger partial charge is 0.454 e. The first kappa shape index (κ1) is 13.7. The number of hydrogen-bond donors (Lipinski definition) is 1. The third-order valence-corrected chi connectivity index (χ3v) is 2.41. The molecule has 0 saturated carbocycles. The van der Waals surface area contributed by atoms with E-state index in [9.17, 15) is 9.59 Å². The fourth-order valence-electron chi connectivity index (χ4n) is 1.44. The molecule has 0 spiro atoms. The molecular formula is C12H13N5O3. The first-order chi connectivity index (χ1) is 9.54. The highest BCUT2D eigenvalue weighted by Gasteiger charge is 2.10. The molecule has 1 aromatic heterocycles. The monoisotopic (exact) mass is 275 g/mol. The van der Waals surface area contributed by atoms with Gasteiger partial charge < -0.3 is 10.5 Å². The molecule has 0 atom stereocenters. The highest BCUT2D eigenvalue weighted by atomic mass is 16.5. The van der Waals surface area contributed by atoms with Gasteiger partial charge in [0.1, 0.15) is 0 Å². The fourth-order valence-corrected chi connectivity index (χ4v) is 1.44. The zero-order valence-electron chi connectivity index (χ0n) is 10.8. The van der Waals surface area contributed by atoms with Crippen molar-refractivity contribution in [1.82, 2.24) is 20.2 Å². The number of ether oxygens (including phenoxy) is 1. The van der Waals surface area contributed by atoms with E-state index in [2.05, 4.69) is 20.1 Å². The highest BCUT2D eigenvalue weighted by molar-refractivity contribution is 5.78. The van der Waals surface area contributed by atoms with Crippen LogP contribution < -0.4 is 5.73 Å². The number of rotatable bonds is 5. The predicted octanol–water partition coefficient (Wildman–Crippen LogP) is -0.323. The Morgan fingerprint density at radius 2 is 2.00 bits per heavy atom. The summed E-state index contributed by atoms with van der Waals surface area (Å²) in [6.45, 7) is 1.29. The van der Waals surface area contributed by atoms with Gasteiger partial charge in [-0.1, -0.05) is 29.8 Å². The van der Waals surface area contributed by atoms with Crippen LogP contribution in [-0.4, -0.2) is 38.7 Å². The molecule has 0 unspecified atom stereocenters. The molecule has 1 heterocycles. The van der Waals surface area contributed by atoms with Crippen LogP contribution in [0.4, 0.5) is 0 Å². The Bertz CT molecular complexity index is 620. The summed E-state index contributed by atoms with van der Waals surface area (Å²) in [4.78, 5) is 22.9. The third kappa shape index (κ3) is 3.61. The van der Waals surface area contributed by atoms with Gasteiger partial charge in [-0.25, -0.2) is 4.79 Å². The van der Waals surface area contributed by atoms with E-state index in [1.165, 1.54) is 0 Å². The molecule has 2 N–H and O–H groups in total. The van der Waals surface area contributed by atoms with Crippen molar-refractivity contribution in [3.05, 3.63) is 29.8 Å². The number of hydrogen-bond acceptors (Lipinski definition) is 6. The van der Waals surface area contributed by atoms with Crippen LogP contribution in [0.25, 0.3) is 11.4 Å². The molecule has 1 amide bonds. The highest BCUT2D eigenvalue weighted by Crippen LogP contribution is 2.13. The van der Waals surface area contributed by atoms with E-state index < -0.39 is 18.5 Å². The summed E-state index contributed by atoms with van der Waals surface area (Å²) in [5, 5.41) is 11.6. The summed E-state index contributed by atoms with van der Waals surface area (Å²) in [5.74, 6) is -0.963. The van der Waals surface area contributed by atoms with Gasteiger partial charge in [0, 0.05) is 5.56 Å². The van der Waals surface area contributed by atoms with E-state index in [0.29, 0.717) is 5.82 Å². The zero-order chi connectivity index (χ0) is 14.5. The summed E-state index contributed by atoms with van der Waals surface area (Å²) in [6, 6.07) is 7.58. The minimum atomic E-state index is -0.717. The number of primary amides is 1. The van der Waals surface area contributed by atoms with Gasteiger partial charge in [0.15, 0.2) is 13.2 Å². The molecule has 0 fully saturated rings. The minimum absolute atomic E-state index is 0.230. The topological polar surface area (TPSA) is 113 Å². The zero-order valence-corrected chi connectivity index (χ0v) is 10.8. The van der Waals surface area contributed by atoms with Gasteiger partial charge >= 0.3 is 5.97 Å². The Kier molecular flexibility index (Phi) is 4.04. The molecule has 0 aliphatic rings. The predicted molar refractivity (Wildman–Crippen MR) is 68.1 cm³/mol. The Morgan fingerprint density at radius 3 is 2.65 bits per heavy atom. The third-order valence-electron chi connectivity index (χ3n) is 2.41. The molecule has 104 valence electrons. The van der Waals surface area contributed by atoms with Crippen molar-refractivity contribution in [1.29, 1.82) is 0 Å². The molecule has 0 radical (unpaired) electrons. The van der Waals surface area contributed by atoms with Gasteiger partial charge in [-0.2, -0.15) is 4.80 Å². The van der Waals surface area contributed by atoms with Gasteiger partial charge in [0.2, 0.25) is 5.82 Å². The van der Waals surface area contributed by atoms with E-state index in [4.69, 9.17) is 5.73 Å². The van der Waals surface area contributed by atoms with Crippen LogP contribution in [0.1, 0.15) is 5.56 Å². The molecule has 20 heavy (non-hydrogen) atoms. The standard InChI is InChI=1S/C12H13N5O3/c1-8-2-4-9(5-3-8)12-14-16-17(15-12)6-11(19)20-7-10(13)18/h2-5H,6-7H2,1H3,(H2,13,18). The smallest absolute Gasteiger partial charge is 0.330 e. The van der Waals surface area contributed by atoms with Crippen LogP contribution in [0.15, 0.2) is 24.3 Å². The number of nitrogens with zero attached hydrogens (tertiary/aromatic N) is 4. The van der Waals surface area contributed by atoms with Gasteiger partial charge in [-0.05, 0) is 12.1 Å². The lowest BCUT2D eigenvalue weighted by Gasteiger charge is -2.00. The SMILES string of the molecule is Cc1ccc(-c2nnn(CC(=O)OCC(N)=O)n2)cc1. The van der Waals surface area contributed by atoms with Crippen molar-refractivity contribution in [3.63, 3.8) is 0 Å². The van der Waals surface area contributed by atoms with Crippen molar-refractivity contribution in [2.75, 3.05) is 6.61 Å². The van der Waals surface area contributed by atoms with Crippen LogP contribution in [-0.2, 0) is 20.9 Å². The first-order valence-corrected chi connectivity index (χ1v) is 5.83. The minimum Gasteiger partial charge on any atom is -0.454 e. The van der Waals surface area contributed by atoms with Gasteiger partial charge in [-0.3, -0.25) is 4.79 Å². The van der Waals surface area contributed by atoms with Crippen LogP contribution in [0.5, 0.6) is 0 Å². The van der Waals surface area contributed by atoms with E-state index in [1.807, 2.05) is 31.2 Å². The molecule has 0 aliphatic carbocycles. The summed E-state index contributed by atoms with van der Waals surface area (Å²) in [7, 11) is 0. The quantitative estimate of drug-likeness (QED) is 0.748. The normalized spacial score (nSPS) is 10.2. The number of aryl methyl sites for hydroxylation is 1. The lowest BCUT2D eigenvalue weighted by molar-refractivity contribution is -0.148. The molecule has 8 heteroatoms. The van der Waals surface area contributed by atoms with E-state index >= 15 is 0 Å². The van der Waals surface area contributed by atoms with Gasteiger partial charge in [0.05, 0.1) is 0 Å². The number of tetrazole rings is 1. The van der Waals surface area contributed by atoms with Crippen LogP contribution >= 0.6 is 0 Å². The van der Waals surface area contributed by atoms with Crippen LogP contribution in [0.3, 0.4) is 0 Å². The molecular weight excluding hydrogens is 262 g/mol. The summed E-state index contributed by atoms with van der Waals surface area (Å²) < 4.78 is 4.60. The average molecular weight is 275 g/mol. The van der Waals surface area contributed by atoms with Crippen LogP contribution in [0, 0.1) is 6.92 Å². The molecule has 0 bridgehead atoms. The molecule has 2 aromatic rings. The maximum Gasteiger partial charge on any atom is 0.330 e. The van der Waals surface area contributed by atoms with Crippen molar-refractivity contribution >= 4 is 11.9 Å². The second-order valence-corrected chi connectivity index (χ2v) is 4.14. The average Bonchev–Trinajstić information content (AvgIpc) is 2.85. The summed E-state index contributed by atoms with van der Waals surface area (Å²) in [6.07, 6.45) is 0. The van der Waals surface area contributed by atoms with E-state index in [1.54, 1.807) is 0 Å². The Labute approximate surface area is 114 Å². The van der Waals surface area contributed by atoms with Crippen molar-refractivity contribution in [2.24, 2.45) is 5.73 Å². The Morgan fingerprint density at radius 1 is 1.30 bits per heavy atom. The van der Waals surface area contributed by atoms with Crippen molar-refractivity contribution < 1.29 is 14.3 Å².